The molecule has 0 spiro atoms. The second-order valence-electron chi connectivity index (χ2n) is 9.57. The Kier molecular flexibility index (Phi) is 8.06. The summed E-state index contributed by atoms with van der Waals surface area (Å²) in [4.78, 5) is 72.1. The number of thioether (sulfide) groups is 1. The Labute approximate surface area is 240 Å². The van der Waals surface area contributed by atoms with Crippen molar-refractivity contribution in [3.8, 4) is 5.75 Å². The van der Waals surface area contributed by atoms with Gasteiger partial charge in [-0.2, -0.15) is 0 Å². The number of aromatic hydroxyl groups is 1. The van der Waals surface area contributed by atoms with Gasteiger partial charge in [-0.1, -0.05) is 30.4 Å². The molecular weight excluding hydrogens is 548 g/mol. The van der Waals surface area contributed by atoms with Crippen LogP contribution in [0.5, 0.6) is 5.75 Å². The number of fused-ring (bicyclic) bond motifs is 1. The summed E-state index contributed by atoms with van der Waals surface area (Å²) in [6.45, 7) is 2.23. The van der Waals surface area contributed by atoms with Crippen molar-refractivity contribution in [1.29, 1.82) is 0 Å². The quantitative estimate of drug-likeness (QED) is 0.329. The van der Waals surface area contributed by atoms with Crippen molar-refractivity contribution in [2.24, 2.45) is 0 Å². The first-order chi connectivity index (χ1) is 19.8. The minimum Gasteiger partial charge on any atom is -0.508 e. The molecule has 2 saturated heterocycles. The second-order valence-corrected chi connectivity index (χ2v) is 10.7. The van der Waals surface area contributed by atoms with Crippen LogP contribution in [-0.4, -0.2) is 91.3 Å². The van der Waals surface area contributed by atoms with Crippen LogP contribution in [-0.2, 0) is 19.2 Å². The van der Waals surface area contributed by atoms with Crippen molar-refractivity contribution >= 4 is 47.5 Å². The number of β-lactam (4-membered cyclic amide) rings is 1. The number of amides is 6. The highest BCUT2D eigenvalue weighted by molar-refractivity contribution is 8.00. The lowest BCUT2D eigenvalue weighted by molar-refractivity contribution is -0.153. The molecule has 212 valence electrons. The van der Waals surface area contributed by atoms with Crippen LogP contribution in [0.2, 0.25) is 0 Å². The third-order valence-electron chi connectivity index (χ3n) is 6.97. The van der Waals surface area contributed by atoms with Gasteiger partial charge in [-0.15, -0.1) is 11.8 Å². The van der Waals surface area contributed by atoms with Crippen LogP contribution in [0, 0.1) is 0 Å². The number of pyridine rings is 1. The number of hydrogen-bond acceptors (Lipinski definition) is 8. The third kappa shape index (κ3) is 5.80. The first kappa shape index (κ1) is 27.9. The first-order valence-electron chi connectivity index (χ1n) is 13.0. The molecule has 6 amide bonds. The summed E-state index contributed by atoms with van der Waals surface area (Å²) in [5, 5.41) is 14.6. The molecule has 2 unspecified atom stereocenters. The van der Waals surface area contributed by atoms with Gasteiger partial charge in [0.1, 0.15) is 23.2 Å². The number of nitrogens with one attached hydrogen (secondary N) is 2. The molecule has 3 N–H and O–H groups in total. The van der Waals surface area contributed by atoms with E-state index < -0.39 is 35.8 Å². The van der Waals surface area contributed by atoms with Gasteiger partial charge >= 0.3 is 17.8 Å². The largest absolute Gasteiger partial charge is 0.508 e. The molecule has 5 rings (SSSR count). The molecule has 0 bridgehead atoms. The van der Waals surface area contributed by atoms with Crippen LogP contribution in [0.1, 0.15) is 24.1 Å². The van der Waals surface area contributed by atoms with E-state index in [1.54, 1.807) is 30.4 Å². The predicted octanol–water partition coefficient (Wildman–Crippen LogP) is 1.23. The Hall–Kier alpha value is -4.65. The molecular formula is C28H28N6O6S. The SMILES string of the molecule is CCN1CCN(C(=O)NC(C(=O)NC2C(=O)N3C=C(C=Cc4cccnc4)CS[C@@H]23)c2ccc(O)cc2)C(=O)C1=O. The lowest BCUT2D eigenvalue weighted by atomic mass is 10.0. The molecule has 13 heteroatoms. The molecule has 3 atom stereocenters. The van der Waals surface area contributed by atoms with Crippen LogP contribution in [0.3, 0.4) is 0 Å². The van der Waals surface area contributed by atoms with Crippen molar-refractivity contribution in [2.75, 3.05) is 25.4 Å². The van der Waals surface area contributed by atoms with Gasteiger partial charge in [-0.3, -0.25) is 29.1 Å². The number of phenols is 1. The van der Waals surface area contributed by atoms with E-state index in [1.165, 1.54) is 40.9 Å². The monoisotopic (exact) mass is 576 g/mol. The zero-order chi connectivity index (χ0) is 29.1. The molecule has 0 radical (unpaired) electrons. The fraction of sp³-hybridized carbons (Fsp3) is 0.286. The first-order valence-corrected chi connectivity index (χ1v) is 14.0. The molecule has 3 aliphatic rings. The number of allylic oxidation sites excluding steroid dienone is 1. The highest BCUT2D eigenvalue weighted by Crippen LogP contribution is 2.37. The molecule has 2 aromatic rings. The number of benzene rings is 1. The van der Waals surface area contributed by atoms with Gasteiger partial charge in [-0.25, -0.2) is 4.79 Å². The van der Waals surface area contributed by atoms with Gasteiger partial charge in [-0.05, 0) is 41.8 Å². The van der Waals surface area contributed by atoms with E-state index in [2.05, 4.69) is 15.6 Å². The van der Waals surface area contributed by atoms with Crippen LogP contribution in [0.25, 0.3) is 6.08 Å². The number of piperazine rings is 1. The number of rotatable bonds is 7. The molecule has 3 aliphatic heterocycles. The van der Waals surface area contributed by atoms with Crippen molar-refractivity contribution < 1.29 is 29.1 Å². The zero-order valence-corrected chi connectivity index (χ0v) is 22.9. The predicted molar refractivity (Wildman–Crippen MR) is 150 cm³/mol. The smallest absolute Gasteiger partial charge is 0.325 e. The van der Waals surface area contributed by atoms with E-state index in [1.807, 2.05) is 24.3 Å². The van der Waals surface area contributed by atoms with Gasteiger partial charge in [0.2, 0.25) is 5.91 Å². The molecule has 1 aromatic heterocycles. The summed E-state index contributed by atoms with van der Waals surface area (Å²) in [6.07, 6.45) is 9.02. The van der Waals surface area contributed by atoms with E-state index in [9.17, 15) is 29.1 Å². The minimum absolute atomic E-state index is 0.0210. The Morgan fingerprint density at radius 3 is 2.61 bits per heavy atom. The van der Waals surface area contributed by atoms with Crippen molar-refractivity contribution in [1.82, 2.24) is 30.3 Å². The van der Waals surface area contributed by atoms with Gasteiger partial charge in [0.15, 0.2) is 0 Å². The average molecular weight is 577 g/mol. The topological polar surface area (TPSA) is 152 Å². The minimum atomic E-state index is -1.29. The van der Waals surface area contributed by atoms with Gasteiger partial charge in [0.25, 0.3) is 5.91 Å². The standard InChI is InChI=1S/C28H28N6O6S/c1-2-32-12-13-33(26(39)25(32)38)28(40)31-21(19-7-9-20(35)10-8-19)23(36)30-22-24(37)34-15-18(16-41-27(22)34)6-5-17-4-3-11-29-14-17/h3-11,14-15,21-22,27,35H,2,12-13,16H2,1H3,(H,30,36)(H,31,40)/t21?,22?,27-/m0/s1. The maximum atomic E-state index is 13.5. The van der Waals surface area contributed by atoms with Crippen molar-refractivity contribution in [3.05, 3.63) is 77.8 Å². The van der Waals surface area contributed by atoms with E-state index >= 15 is 0 Å². The lowest BCUT2D eigenvalue weighted by Crippen LogP contribution is -2.69. The van der Waals surface area contributed by atoms with Crippen LogP contribution < -0.4 is 10.6 Å². The van der Waals surface area contributed by atoms with Crippen LogP contribution in [0.15, 0.2) is 66.6 Å². The fourth-order valence-corrected chi connectivity index (χ4v) is 5.91. The summed E-state index contributed by atoms with van der Waals surface area (Å²) in [6, 6.07) is 6.36. The van der Waals surface area contributed by atoms with Crippen molar-refractivity contribution in [2.45, 2.75) is 24.4 Å². The van der Waals surface area contributed by atoms with E-state index in [0.717, 1.165) is 16.0 Å². The summed E-state index contributed by atoms with van der Waals surface area (Å²) in [5.74, 6) is -2.16. The third-order valence-corrected chi connectivity index (χ3v) is 8.31. The van der Waals surface area contributed by atoms with E-state index in [0.29, 0.717) is 17.9 Å². The molecule has 0 saturated carbocycles. The van der Waals surface area contributed by atoms with E-state index in [4.69, 9.17) is 0 Å². The number of phenolic OH excluding ortho intramolecular Hbond substituents is 1. The molecule has 1 aromatic carbocycles. The molecule has 41 heavy (non-hydrogen) atoms. The molecule has 0 aliphatic carbocycles. The Morgan fingerprint density at radius 2 is 1.90 bits per heavy atom. The molecule has 12 nitrogen and oxygen atoms in total. The maximum Gasteiger partial charge on any atom is 0.325 e. The van der Waals surface area contributed by atoms with Gasteiger partial charge in [0, 0.05) is 44.0 Å². The number of urea groups is 1. The number of carbonyl (C=O) groups excluding carboxylic acids is 5. The Morgan fingerprint density at radius 1 is 1.12 bits per heavy atom. The fourth-order valence-electron chi connectivity index (χ4n) is 4.67. The molecule has 2 fully saturated rings. The summed E-state index contributed by atoms with van der Waals surface area (Å²) in [7, 11) is 0. The highest BCUT2D eigenvalue weighted by Gasteiger charge is 2.50. The highest BCUT2D eigenvalue weighted by atomic mass is 32.2. The van der Waals surface area contributed by atoms with Gasteiger partial charge in [0.05, 0.1) is 0 Å². The van der Waals surface area contributed by atoms with E-state index in [-0.39, 0.29) is 30.1 Å². The summed E-state index contributed by atoms with van der Waals surface area (Å²) in [5.41, 5.74) is 2.19. The van der Waals surface area contributed by atoms with Gasteiger partial charge < -0.3 is 25.5 Å². The lowest BCUT2D eigenvalue weighted by Gasteiger charge is -2.47. The maximum absolute atomic E-state index is 13.5. The Bertz CT molecular complexity index is 1430. The summed E-state index contributed by atoms with van der Waals surface area (Å²) >= 11 is 1.50. The summed E-state index contributed by atoms with van der Waals surface area (Å²) < 4.78 is 0. The second kappa shape index (κ2) is 11.8. The number of nitrogens with zero attached hydrogens (tertiary/aromatic N) is 4. The number of carbonyl (C=O) groups is 5. The Balaban J connectivity index is 1.27. The van der Waals surface area contributed by atoms with Crippen molar-refractivity contribution in [3.63, 3.8) is 0 Å². The molecule has 4 heterocycles. The normalized spacial score (nSPS) is 21.2. The number of aromatic nitrogens is 1. The number of hydrogen-bond donors (Lipinski definition) is 3. The number of likely N-dealkylation sites (N-methyl/N-ethyl adjacent to an activating group) is 1. The van der Waals surface area contributed by atoms with Crippen LogP contribution >= 0.6 is 11.8 Å². The van der Waals surface area contributed by atoms with Crippen LogP contribution in [0.4, 0.5) is 4.79 Å². The average Bonchev–Trinajstić information content (AvgIpc) is 2.99. The zero-order valence-electron chi connectivity index (χ0n) is 22.1. The number of imide groups is 1.